The van der Waals surface area contributed by atoms with Crippen molar-refractivity contribution in [1.29, 1.82) is 0 Å². The highest BCUT2D eigenvalue weighted by atomic mass is 19.4. The highest BCUT2D eigenvalue weighted by Gasteiger charge is 2.49. The van der Waals surface area contributed by atoms with Gasteiger partial charge in [0.25, 0.3) is 5.91 Å². The van der Waals surface area contributed by atoms with Crippen molar-refractivity contribution in [2.24, 2.45) is 0 Å². The summed E-state index contributed by atoms with van der Waals surface area (Å²) >= 11 is 0. The Morgan fingerprint density at radius 1 is 1.18 bits per heavy atom. The number of hydrogen-bond donors (Lipinski definition) is 0. The topological polar surface area (TPSA) is 60.2 Å². The second-order valence-corrected chi connectivity index (χ2v) is 7.70. The lowest BCUT2D eigenvalue weighted by Gasteiger charge is -2.48. The van der Waals surface area contributed by atoms with E-state index in [0.717, 1.165) is 36.4 Å². The minimum Gasteiger partial charge on any atom is -0.364 e. The molecule has 2 atom stereocenters. The highest BCUT2D eigenvalue weighted by molar-refractivity contribution is 5.94. The number of carbonyl (C=O) groups excluding carboxylic acids is 1. The first-order chi connectivity index (χ1) is 15.6. The third-order valence-electron chi connectivity index (χ3n) is 5.80. The summed E-state index contributed by atoms with van der Waals surface area (Å²) < 4.78 is 74.6. The van der Waals surface area contributed by atoms with Gasteiger partial charge in [0.1, 0.15) is 29.9 Å². The van der Waals surface area contributed by atoms with Gasteiger partial charge in [-0.15, -0.1) is 0 Å². The molecule has 1 saturated heterocycles. The molecular weight excluding hydrogens is 447 g/mol. The number of rotatable bonds is 4. The molecule has 1 aromatic heterocycles. The van der Waals surface area contributed by atoms with Crippen LogP contribution in [0.4, 0.5) is 22.0 Å². The number of alkyl halides is 3. The van der Waals surface area contributed by atoms with Crippen LogP contribution >= 0.6 is 0 Å². The lowest BCUT2D eigenvalue weighted by atomic mass is 9.83. The molecule has 2 heterocycles. The van der Waals surface area contributed by atoms with Crippen molar-refractivity contribution >= 4 is 5.91 Å². The van der Waals surface area contributed by atoms with Gasteiger partial charge < -0.3 is 9.64 Å². The van der Waals surface area contributed by atoms with Crippen molar-refractivity contribution in [3.63, 3.8) is 0 Å². The Bertz CT molecular complexity index is 1130. The maximum atomic E-state index is 14.9. The zero-order chi connectivity index (χ0) is 23.8. The zero-order valence-corrected chi connectivity index (χ0v) is 17.4. The molecule has 1 fully saturated rings. The second-order valence-electron chi connectivity index (χ2n) is 7.70. The van der Waals surface area contributed by atoms with Crippen LogP contribution < -0.4 is 0 Å². The number of halogens is 5. The number of aromatic nitrogens is 3. The molecule has 0 saturated carbocycles. The van der Waals surface area contributed by atoms with Gasteiger partial charge in [-0.2, -0.15) is 18.3 Å². The van der Waals surface area contributed by atoms with E-state index in [1.165, 1.54) is 28.3 Å². The first kappa shape index (κ1) is 22.8. The number of morpholine rings is 1. The fraction of sp³-hybridized carbons (Fsp3) is 0.318. The Hall–Kier alpha value is -3.34. The van der Waals surface area contributed by atoms with Crippen molar-refractivity contribution in [3.8, 4) is 0 Å². The molecule has 2 aromatic carbocycles. The summed E-state index contributed by atoms with van der Waals surface area (Å²) in [5.74, 6) is -2.16. The van der Waals surface area contributed by atoms with E-state index in [9.17, 15) is 26.7 Å². The van der Waals surface area contributed by atoms with Crippen molar-refractivity contribution in [3.05, 3.63) is 83.4 Å². The van der Waals surface area contributed by atoms with E-state index in [1.54, 1.807) is 6.92 Å². The van der Waals surface area contributed by atoms with Gasteiger partial charge >= 0.3 is 6.18 Å². The van der Waals surface area contributed by atoms with Gasteiger partial charge in [-0.25, -0.2) is 18.4 Å². The quantitative estimate of drug-likeness (QED) is 0.545. The van der Waals surface area contributed by atoms with E-state index >= 15 is 0 Å². The predicted molar refractivity (Wildman–Crippen MR) is 106 cm³/mol. The Labute approximate surface area is 185 Å². The van der Waals surface area contributed by atoms with Crippen molar-refractivity contribution in [2.75, 3.05) is 13.2 Å². The molecule has 1 aliphatic heterocycles. The van der Waals surface area contributed by atoms with E-state index < -0.39 is 40.9 Å². The summed E-state index contributed by atoms with van der Waals surface area (Å²) in [5, 5.41) is 4.04. The van der Waals surface area contributed by atoms with Crippen LogP contribution in [0.2, 0.25) is 0 Å². The van der Waals surface area contributed by atoms with Crippen molar-refractivity contribution in [2.45, 2.75) is 31.3 Å². The van der Waals surface area contributed by atoms with Gasteiger partial charge in [0.15, 0.2) is 0 Å². The fourth-order valence-electron chi connectivity index (χ4n) is 4.09. The minimum atomic E-state index is -4.53. The third-order valence-corrected chi connectivity index (χ3v) is 5.80. The van der Waals surface area contributed by atoms with Gasteiger partial charge in [0.2, 0.25) is 0 Å². The summed E-state index contributed by atoms with van der Waals surface area (Å²) in [6.45, 7) is 1.75. The van der Waals surface area contributed by atoms with Crippen molar-refractivity contribution < 1.29 is 31.5 Å². The van der Waals surface area contributed by atoms with E-state index in [1.807, 2.05) is 0 Å². The third kappa shape index (κ3) is 4.32. The van der Waals surface area contributed by atoms with Crippen LogP contribution in [-0.2, 0) is 23.1 Å². The molecule has 1 aliphatic rings. The van der Waals surface area contributed by atoms with E-state index in [-0.39, 0.29) is 30.8 Å². The molecular formula is C22H19F5N4O2. The molecule has 0 unspecified atom stereocenters. The van der Waals surface area contributed by atoms with Crippen LogP contribution in [0, 0.1) is 11.6 Å². The molecule has 1 amide bonds. The molecule has 0 aliphatic carbocycles. The smallest absolute Gasteiger partial charge is 0.364 e. The van der Waals surface area contributed by atoms with Crippen LogP contribution in [0.1, 0.15) is 28.4 Å². The van der Waals surface area contributed by atoms with Gasteiger partial charge in [0, 0.05) is 23.7 Å². The molecule has 33 heavy (non-hydrogen) atoms. The number of hydrogen-bond acceptors (Lipinski definition) is 4. The van der Waals surface area contributed by atoms with Gasteiger partial charge in [-0.05, 0) is 37.3 Å². The summed E-state index contributed by atoms with van der Waals surface area (Å²) in [4.78, 5) is 18.5. The standard InChI is InChI=1S/C22H19F5N4O2/c1-14-21(11-30-13-28-12-29-30,18-7-6-17(23)10-19(18)24)33-9-8-31(14)20(32)15-2-4-16(5-3-15)22(25,26)27/h2-7,10,12-14H,8-9,11H2,1H3/t14-,21-/m1/s1. The average Bonchev–Trinajstić information content (AvgIpc) is 3.27. The molecule has 0 radical (unpaired) electrons. The summed E-state index contributed by atoms with van der Waals surface area (Å²) in [6, 6.07) is 6.16. The van der Waals surface area contributed by atoms with E-state index in [4.69, 9.17) is 4.74 Å². The fourth-order valence-corrected chi connectivity index (χ4v) is 4.09. The maximum absolute atomic E-state index is 14.9. The van der Waals surface area contributed by atoms with Gasteiger partial charge in [-0.1, -0.05) is 6.07 Å². The Morgan fingerprint density at radius 2 is 1.91 bits per heavy atom. The molecule has 174 valence electrons. The Morgan fingerprint density at radius 3 is 2.52 bits per heavy atom. The normalized spacial score (nSPS) is 21.3. The molecule has 4 rings (SSSR count). The van der Waals surface area contributed by atoms with Crippen LogP contribution in [0.5, 0.6) is 0 Å². The number of carbonyl (C=O) groups is 1. The molecule has 0 spiro atoms. The van der Waals surface area contributed by atoms with Gasteiger partial charge in [-0.3, -0.25) is 4.79 Å². The largest absolute Gasteiger partial charge is 0.416 e. The number of nitrogens with zero attached hydrogens (tertiary/aromatic N) is 4. The molecule has 0 N–H and O–H groups in total. The second kappa shape index (κ2) is 8.54. The minimum absolute atomic E-state index is 0.0161. The molecule has 6 nitrogen and oxygen atoms in total. The Balaban J connectivity index is 1.72. The lowest BCUT2D eigenvalue weighted by molar-refractivity contribution is -0.149. The molecule has 0 bridgehead atoms. The number of amides is 1. The average molecular weight is 466 g/mol. The maximum Gasteiger partial charge on any atom is 0.416 e. The first-order valence-electron chi connectivity index (χ1n) is 10.0. The Kier molecular flexibility index (Phi) is 5.91. The van der Waals surface area contributed by atoms with Crippen molar-refractivity contribution in [1.82, 2.24) is 19.7 Å². The predicted octanol–water partition coefficient (Wildman–Crippen LogP) is 4.03. The number of benzene rings is 2. The summed E-state index contributed by atoms with van der Waals surface area (Å²) in [6.07, 6.45) is -1.84. The van der Waals surface area contributed by atoms with Gasteiger partial charge in [0.05, 0.1) is 24.8 Å². The zero-order valence-electron chi connectivity index (χ0n) is 17.4. The van der Waals surface area contributed by atoms with Crippen LogP contribution in [0.15, 0.2) is 55.1 Å². The monoisotopic (exact) mass is 466 g/mol. The number of ether oxygens (including phenoxy) is 1. The van der Waals surface area contributed by atoms with Crippen LogP contribution in [0.25, 0.3) is 0 Å². The lowest BCUT2D eigenvalue weighted by Crippen LogP contribution is -2.60. The van der Waals surface area contributed by atoms with Crippen LogP contribution in [-0.4, -0.2) is 44.8 Å². The molecule has 11 heteroatoms. The summed E-state index contributed by atoms with van der Waals surface area (Å²) in [5.41, 5.74) is -2.25. The summed E-state index contributed by atoms with van der Waals surface area (Å²) in [7, 11) is 0. The SMILES string of the molecule is C[C@H]1N(C(=O)c2ccc(C(F)(F)F)cc2)CCO[C@@]1(Cn1cncn1)c1ccc(F)cc1F. The first-order valence-corrected chi connectivity index (χ1v) is 10.0. The van der Waals surface area contributed by atoms with Crippen LogP contribution in [0.3, 0.4) is 0 Å². The van der Waals surface area contributed by atoms with E-state index in [0.29, 0.717) is 0 Å². The van der Waals surface area contributed by atoms with E-state index in [2.05, 4.69) is 10.1 Å². The highest BCUT2D eigenvalue weighted by Crippen LogP contribution is 2.39. The molecule has 3 aromatic rings.